The van der Waals surface area contributed by atoms with E-state index in [4.69, 9.17) is 18.9 Å². The van der Waals surface area contributed by atoms with Gasteiger partial charge in [0.1, 0.15) is 0 Å². The van der Waals surface area contributed by atoms with Crippen LogP contribution in [0.5, 0.6) is 17.2 Å². The maximum Gasteiger partial charge on any atom is 0.217 e. The molecule has 0 radical (unpaired) electrons. The molecular formula is C22H27NO6. The third-order valence-corrected chi connectivity index (χ3v) is 5.51. The Hall–Kier alpha value is -2.96. The van der Waals surface area contributed by atoms with E-state index in [1.807, 2.05) is 12.1 Å². The summed E-state index contributed by atoms with van der Waals surface area (Å²) in [7, 11) is 6.22. The number of methoxy groups -OCH3 is 4. The molecular weight excluding hydrogens is 374 g/mol. The first-order valence-corrected chi connectivity index (χ1v) is 9.53. The molecule has 0 saturated heterocycles. The van der Waals surface area contributed by atoms with Crippen LogP contribution in [0.2, 0.25) is 0 Å². The van der Waals surface area contributed by atoms with Gasteiger partial charge in [0.15, 0.2) is 23.0 Å². The zero-order valence-corrected chi connectivity index (χ0v) is 17.5. The third-order valence-electron chi connectivity index (χ3n) is 5.51. The van der Waals surface area contributed by atoms with Gasteiger partial charge in [-0.15, -0.1) is 0 Å². The van der Waals surface area contributed by atoms with Crippen LogP contribution in [0.25, 0.3) is 5.57 Å². The van der Waals surface area contributed by atoms with E-state index in [2.05, 4.69) is 5.32 Å². The largest absolute Gasteiger partial charge is 0.493 e. The number of rotatable bonds is 5. The molecule has 3 rings (SSSR count). The Morgan fingerprint density at radius 2 is 1.76 bits per heavy atom. The zero-order valence-electron chi connectivity index (χ0n) is 17.5. The van der Waals surface area contributed by atoms with Crippen molar-refractivity contribution < 1.29 is 28.5 Å². The average molecular weight is 401 g/mol. The van der Waals surface area contributed by atoms with Crippen molar-refractivity contribution in [2.45, 2.75) is 32.2 Å². The van der Waals surface area contributed by atoms with Crippen molar-refractivity contribution in [3.63, 3.8) is 0 Å². The topological polar surface area (TPSA) is 83.1 Å². The van der Waals surface area contributed by atoms with Crippen molar-refractivity contribution in [2.75, 3.05) is 28.4 Å². The minimum absolute atomic E-state index is 0.0954. The number of benzene rings is 1. The molecule has 0 aliphatic heterocycles. The lowest BCUT2D eigenvalue weighted by molar-refractivity contribution is -0.121. The van der Waals surface area contributed by atoms with Crippen LogP contribution in [-0.4, -0.2) is 46.2 Å². The number of carbonyl (C=O) groups excluding carboxylic acids is 2. The van der Waals surface area contributed by atoms with E-state index in [1.54, 1.807) is 27.4 Å². The summed E-state index contributed by atoms with van der Waals surface area (Å²) in [5.41, 5.74) is 2.81. The number of hydrogen-bond donors (Lipinski definition) is 1. The Morgan fingerprint density at radius 1 is 1.03 bits per heavy atom. The Kier molecular flexibility index (Phi) is 6.15. The molecule has 156 valence electrons. The highest BCUT2D eigenvalue weighted by Crippen LogP contribution is 2.50. The van der Waals surface area contributed by atoms with Crippen LogP contribution in [0.3, 0.4) is 0 Å². The lowest BCUT2D eigenvalue weighted by atomic mass is 9.83. The predicted molar refractivity (Wildman–Crippen MR) is 108 cm³/mol. The second-order valence-corrected chi connectivity index (χ2v) is 7.12. The van der Waals surface area contributed by atoms with Crippen LogP contribution in [0.1, 0.15) is 30.9 Å². The Balaban J connectivity index is 2.26. The normalized spacial score (nSPS) is 20.8. The molecule has 0 saturated carbocycles. The predicted octanol–water partition coefficient (Wildman–Crippen LogP) is 2.67. The number of aryl methyl sites for hydroxylation is 1. The zero-order chi connectivity index (χ0) is 21.1. The lowest BCUT2D eigenvalue weighted by Crippen LogP contribution is -2.40. The van der Waals surface area contributed by atoms with Gasteiger partial charge in [0.2, 0.25) is 11.7 Å². The van der Waals surface area contributed by atoms with E-state index in [0.29, 0.717) is 35.8 Å². The molecule has 0 aromatic heterocycles. The van der Waals surface area contributed by atoms with E-state index < -0.39 is 0 Å². The van der Waals surface area contributed by atoms with Crippen LogP contribution in [0.4, 0.5) is 0 Å². The van der Waals surface area contributed by atoms with Crippen molar-refractivity contribution in [1.29, 1.82) is 0 Å². The Bertz CT molecular complexity index is 886. The minimum atomic E-state index is -0.219. The van der Waals surface area contributed by atoms with Crippen molar-refractivity contribution in [2.24, 2.45) is 5.92 Å². The number of amides is 1. The fraction of sp³-hybridized carbons (Fsp3) is 0.455. The maximum absolute atomic E-state index is 12.7. The SMILES string of the molecule is COC1=CC=C2c3c(cc(OC)c(OC)c3OC)CC[C@H](NC(C)=O)C2CC1=O. The molecule has 0 spiro atoms. The molecule has 7 nitrogen and oxygen atoms in total. The van der Waals surface area contributed by atoms with Gasteiger partial charge < -0.3 is 24.3 Å². The Morgan fingerprint density at radius 3 is 2.34 bits per heavy atom. The molecule has 2 atom stereocenters. The average Bonchev–Trinajstić information content (AvgIpc) is 2.95. The standard InChI is InChI=1S/C22H27NO6/c1-12(24)23-16-8-6-13-10-19(27-3)21(28-4)22(29-5)20(13)14-7-9-18(26-2)17(25)11-15(14)16/h7,9-10,15-16H,6,8,11H2,1-5H3,(H,23,24)/t15?,16-/m0/s1. The number of carbonyl (C=O) groups is 2. The first-order valence-electron chi connectivity index (χ1n) is 9.53. The number of ether oxygens (including phenoxy) is 4. The second kappa shape index (κ2) is 8.59. The van der Waals surface area contributed by atoms with Gasteiger partial charge in [-0.05, 0) is 36.1 Å². The quantitative estimate of drug-likeness (QED) is 0.817. The van der Waals surface area contributed by atoms with Crippen LogP contribution in [-0.2, 0) is 20.7 Å². The van der Waals surface area contributed by atoms with Crippen LogP contribution in [0, 0.1) is 5.92 Å². The summed E-state index contributed by atoms with van der Waals surface area (Å²) >= 11 is 0. The molecule has 1 aromatic carbocycles. The molecule has 2 aliphatic rings. The molecule has 1 N–H and O–H groups in total. The van der Waals surface area contributed by atoms with E-state index in [9.17, 15) is 9.59 Å². The van der Waals surface area contributed by atoms with Crippen molar-refractivity contribution in [3.8, 4) is 17.2 Å². The van der Waals surface area contributed by atoms with Gasteiger partial charge in [0.25, 0.3) is 0 Å². The highest BCUT2D eigenvalue weighted by atomic mass is 16.5. The van der Waals surface area contributed by atoms with Crippen LogP contribution >= 0.6 is 0 Å². The summed E-state index contributed by atoms with van der Waals surface area (Å²) in [4.78, 5) is 24.6. The molecule has 1 amide bonds. The summed E-state index contributed by atoms with van der Waals surface area (Å²) in [6.07, 6.45) is 5.19. The number of ketones is 1. The highest BCUT2D eigenvalue weighted by molar-refractivity contribution is 5.97. The number of nitrogens with one attached hydrogen (secondary N) is 1. The van der Waals surface area contributed by atoms with Crippen LogP contribution < -0.4 is 19.5 Å². The van der Waals surface area contributed by atoms with Crippen LogP contribution in [0.15, 0.2) is 24.0 Å². The number of allylic oxidation sites excluding steroid dienone is 3. The molecule has 29 heavy (non-hydrogen) atoms. The number of hydrogen-bond acceptors (Lipinski definition) is 6. The Labute approximate surface area is 170 Å². The molecule has 7 heteroatoms. The smallest absolute Gasteiger partial charge is 0.217 e. The van der Waals surface area contributed by atoms with E-state index >= 15 is 0 Å². The first-order chi connectivity index (χ1) is 13.9. The molecule has 0 heterocycles. The van der Waals surface area contributed by atoms with Gasteiger partial charge in [0.05, 0.1) is 28.4 Å². The molecule has 1 aromatic rings. The fourth-order valence-electron chi connectivity index (χ4n) is 4.27. The fourth-order valence-corrected chi connectivity index (χ4v) is 4.27. The molecule has 1 unspecified atom stereocenters. The highest BCUT2D eigenvalue weighted by Gasteiger charge is 2.37. The summed E-state index contributed by atoms with van der Waals surface area (Å²) in [5, 5.41) is 3.03. The van der Waals surface area contributed by atoms with Gasteiger partial charge in [-0.1, -0.05) is 6.08 Å². The van der Waals surface area contributed by atoms with Gasteiger partial charge >= 0.3 is 0 Å². The number of Topliss-reactive ketones (excluding diaryl/α,β-unsaturated/α-hetero) is 1. The minimum Gasteiger partial charge on any atom is -0.493 e. The summed E-state index contributed by atoms with van der Waals surface area (Å²) in [6, 6.07) is 1.75. The van der Waals surface area contributed by atoms with Gasteiger partial charge in [0, 0.05) is 30.9 Å². The monoisotopic (exact) mass is 401 g/mol. The van der Waals surface area contributed by atoms with E-state index in [-0.39, 0.29) is 30.1 Å². The molecule has 0 bridgehead atoms. The number of fused-ring (bicyclic) bond motifs is 3. The second-order valence-electron chi connectivity index (χ2n) is 7.12. The van der Waals surface area contributed by atoms with E-state index in [0.717, 1.165) is 16.7 Å². The summed E-state index contributed by atoms with van der Waals surface area (Å²) in [6.45, 7) is 1.49. The summed E-state index contributed by atoms with van der Waals surface area (Å²) in [5.74, 6) is 1.50. The first kappa shape index (κ1) is 20.8. The van der Waals surface area contributed by atoms with E-state index in [1.165, 1.54) is 14.0 Å². The maximum atomic E-state index is 12.7. The summed E-state index contributed by atoms with van der Waals surface area (Å²) < 4.78 is 22.1. The lowest BCUT2D eigenvalue weighted by Gasteiger charge is -2.27. The third kappa shape index (κ3) is 3.81. The molecule has 0 fully saturated rings. The van der Waals surface area contributed by atoms with Crippen molar-refractivity contribution in [1.82, 2.24) is 5.32 Å². The van der Waals surface area contributed by atoms with Crippen molar-refractivity contribution >= 4 is 17.3 Å². The van der Waals surface area contributed by atoms with Gasteiger partial charge in [-0.2, -0.15) is 0 Å². The molecule has 2 aliphatic carbocycles. The van der Waals surface area contributed by atoms with Crippen molar-refractivity contribution in [3.05, 3.63) is 35.1 Å². The van der Waals surface area contributed by atoms with Gasteiger partial charge in [-0.3, -0.25) is 9.59 Å². The van der Waals surface area contributed by atoms with Gasteiger partial charge in [-0.25, -0.2) is 0 Å².